The molecule has 0 saturated heterocycles. The van der Waals surface area contributed by atoms with Crippen molar-refractivity contribution in [1.29, 1.82) is 5.26 Å². The number of amides is 1. The number of ether oxygens (including phenoxy) is 1. The van der Waals surface area contributed by atoms with E-state index in [-0.39, 0.29) is 11.6 Å². The molecule has 0 atom stereocenters. The molecule has 0 bridgehead atoms. The van der Waals surface area contributed by atoms with Crippen LogP contribution in [0.4, 0.5) is 11.4 Å². The second kappa shape index (κ2) is 8.23. The van der Waals surface area contributed by atoms with Crippen molar-refractivity contribution in [2.75, 3.05) is 5.32 Å². The number of anilines is 1. The molecule has 0 aliphatic rings. The molecule has 0 heterocycles. The molecule has 7 nitrogen and oxygen atoms in total. The first kappa shape index (κ1) is 19.6. The summed E-state index contributed by atoms with van der Waals surface area (Å²) in [6.45, 7) is 3.43. The van der Waals surface area contributed by atoms with E-state index in [1.54, 1.807) is 49.4 Å². The average Bonchev–Trinajstić information content (AvgIpc) is 2.70. The molecule has 0 saturated carbocycles. The lowest BCUT2D eigenvalue weighted by atomic mass is 10.1. The zero-order valence-electron chi connectivity index (χ0n) is 15.8. The van der Waals surface area contributed by atoms with Gasteiger partial charge in [-0.25, -0.2) is 0 Å². The molecule has 3 aromatic rings. The number of carbonyl (C=O) groups is 1. The summed E-state index contributed by atoms with van der Waals surface area (Å²) in [6, 6.07) is 18.3. The van der Waals surface area contributed by atoms with E-state index in [1.807, 2.05) is 13.0 Å². The number of aryl methyl sites for hydroxylation is 2. The number of nitro groups is 1. The highest BCUT2D eigenvalue weighted by Crippen LogP contribution is 2.27. The molecule has 0 aliphatic carbocycles. The number of carbonyl (C=O) groups excluding carboxylic acids is 1. The normalized spacial score (nSPS) is 10.1. The minimum absolute atomic E-state index is 0.0259. The standard InChI is InChI=1S/C22H17N3O4/c1-14-12-19(29-18-6-3-16(13-23)4-7-18)8-9-20(14)24-22(26)17-5-10-21(25(27)28)15(2)11-17/h3-12H,1-2H3,(H,24,26). The van der Waals surface area contributed by atoms with E-state index < -0.39 is 4.92 Å². The van der Waals surface area contributed by atoms with Gasteiger partial charge in [0.15, 0.2) is 0 Å². The monoisotopic (exact) mass is 387 g/mol. The van der Waals surface area contributed by atoms with Crippen molar-refractivity contribution in [2.45, 2.75) is 13.8 Å². The van der Waals surface area contributed by atoms with Gasteiger partial charge in [-0.15, -0.1) is 0 Å². The van der Waals surface area contributed by atoms with Crippen molar-refractivity contribution in [3.63, 3.8) is 0 Å². The molecular formula is C22H17N3O4. The predicted molar refractivity (Wildman–Crippen MR) is 108 cm³/mol. The molecule has 0 radical (unpaired) electrons. The van der Waals surface area contributed by atoms with Crippen LogP contribution < -0.4 is 10.1 Å². The second-order valence-electron chi connectivity index (χ2n) is 6.43. The maximum atomic E-state index is 12.5. The third-order valence-electron chi connectivity index (χ3n) is 4.32. The Bertz CT molecular complexity index is 1130. The molecular weight excluding hydrogens is 370 g/mol. The predicted octanol–water partition coefficient (Wildman–Crippen LogP) is 5.13. The van der Waals surface area contributed by atoms with Crippen LogP contribution in [-0.2, 0) is 0 Å². The van der Waals surface area contributed by atoms with Crippen LogP contribution in [0.15, 0.2) is 60.7 Å². The van der Waals surface area contributed by atoms with E-state index in [2.05, 4.69) is 5.32 Å². The van der Waals surface area contributed by atoms with Crippen LogP contribution in [0.2, 0.25) is 0 Å². The number of nitriles is 1. The van der Waals surface area contributed by atoms with Crippen LogP contribution in [0, 0.1) is 35.3 Å². The minimum atomic E-state index is -0.478. The Labute approximate surface area is 167 Å². The number of nitrogens with one attached hydrogen (secondary N) is 1. The molecule has 29 heavy (non-hydrogen) atoms. The fraction of sp³-hybridized carbons (Fsp3) is 0.0909. The maximum Gasteiger partial charge on any atom is 0.272 e. The number of hydrogen-bond acceptors (Lipinski definition) is 5. The van der Waals surface area contributed by atoms with Gasteiger partial charge >= 0.3 is 0 Å². The first-order chi connectivity index (χ1) is 13.9. The summed E-state index contributed by atoms with van der Waals surface area (Å²) >= 11 is 0. The molecule has 0 spiro atoms. The topological polar surface area (TPSA) is 105 Å². The zero-order valence-corrected chi connectivity index (χ0v) is 15.8. The summed E-state index contributed by atoms with van der Waals surface area (Å²) in [5.74, 6) is 0.838. The van der Waals surface area contributed by atoms with Gasteiger partial charge < -0.3 is 10.1 Å². The van der Waals surface area contributed by atoms with Gasteiger partial charge in [-0.2, -0.15) is 5.26 Å². The molecule has 1 amide bonds. The van der Waals surface area contributed by atoms with Crippen molar-refractivity contribution >= 4 is 17.3 Å². The molecule has 3 rings (SSSR count). The first-order valence-corrected chi connectivity index (χ1v) is 8.72. The Kier molecular flexibility index (Phi) is 5.56. The summed E-state index contributed by atoms with van der Waals surface area (Å²) in [7, 11) is 0. The largest absolute Gasteiger partial charge is 0.457 e. The van der Waals surface area contributed by atoms with Crippen molar-refractivity contribution in [2.24, 2.45) is 0 Å². The van der Waals surface area contributed by atoms with Crippen LogP contribution in [-0.4, -0.2) is 10.8 Å². The summed E-state index contributed by atoms with van der Waals surface area (Å²) < 4.78 is 5.77. The summed E-state index contributed by atoms with van der Waals surface area (Å²) in [4.78, 5) is 22.9. The molecule has 0 unspecified atom stereocenters. The molecule has 7 heteroatoms. The van der Waals surface area contributed by atoms with Gasteiger partial charge in [-0.05, 0) is 74.0 Å². The summed E-state index contributed by atoms with van der Waals surface area (Å²) in [6.07, 6.45) is 0. The number of hydrogen-bond donors (Lipinski definition) is 1. The van der Waals surface area contributed by atoms with Gasteiger partial charge in [-0.3, -0.25) is 14.9 Å². The van der Waals surface area contributed by atoms with E-state index in [0.29, 0.717) is 33.9 Å². The van der Waals surface area contributed by atoms with E-state index >= 15 is 0 Å². The lowest BCUT2D eigenvalue weighted by molar-refractivity contribution is -0.385. The molecule has 0 fully saturated rings. The minimum Gasteiger partial charge on any atom is -0.457 e. The van der Waals surface area contributed by atoms with Gasteiger partial charge in [0.2, 0.25) is 0 Å². The Morgan fingerprint density at radius 2 is 1.69 bits per heavy atom. The van der Waals surface area contributed by atoms with Crippen LogP contribution in [0.3, 0.4) is 0 Å². The molecule has 0 aliphatic heterocycles. The number of nitrogens with zero attached hydrogens (tertiary/aromatic N) is 2. The Hall–Kier alpha value is -4.18. The smallest absolute Gasteiger partial charge is 0.272 e. The highest BCUT2D eigenvalue weighted by Gasteiger charge is 2.14. The van der Waals surface area contributed by atoms with E-state index in [4.69, 9.17) is 10.00 Å². The quantitative estimate of drug-likeness (QED) is 0.483. The SMILES string of the molecule is Cc1cc(Oc2ccc(C#N)cc2)ccc1NC(=O)c1ccc([N+](=O)[O-])c(C)c1. The van der Waals surface area contributed by atoms with E-state index in [9.17, 15) is 14.9 Å². The van der Waals surface area contributed by atoms with Crippen molar-refractivity contribution in [3.8, 4) is 17.6 Å². The van der Waals surface area contributed by atoms with Crippen molar-refractivity contribution < 1.29 is 14.5 Å². The highest BCUT2D eigenvalue weighted by atomic mass is 16.6. The molecule has 144 valence electrons. The second-order valence-corrected chi connectivity index (χ2v) is 6.43. The van der Waals surface area contributed by atoms with Gasteiger partial charge in [0.1, 0.15) is 11.5 Å². The third-order valence-corrected chi connectivity index (χ3v) is 4.32. The third kappa shape index (κ3) is 4.57. The van der Waals surface area contributed by atoms with Crippen LogP contribution >= 0.6 is 0 Å². The Balaban J connectivity index is 1.73. The molecule has 3 aromatic carbocycles. The van der Waals surface area contributed by atoms with Crippen molar-refractivity contribution in [3.05, 3.63) is 93.0 Å². The summed E-state index contributed by atoms with van der Waals surface area (Å²) in [5.41, 5.74) is 2.69. The van der Waals surface area contributed by atoms with Crippen LogP contribution in [0.1, 0.15) is 27.0 Å². The van der Waals surface area contributed by atoms with Gasteiger partial charge in [-0.1, -0.05) is 0 Å². The highest BCUT2D eigenvalue weighted by molar-refractivity contribution is 6.05. The van der Waals surface area contributed by atoms with Crippen LogP contribution in [0.25, 0.3) is 0 Å². The fourth-order valence-corrected chi connectivity index (χ4v) is 2.77. The average molecular weight is 387 g/mol. The fourth-order valence-electron chi connectivity index (χ4n) is 2.77. The van der Waals surface area contributed by atoms with Gasteiger partial charge in [0.25, 0.3) is 11.6 Å². The van der Waals surface area contributed by atoms with E-state index in [1.165, 1.54) is 18.2 Å². The number of nitro benzene ring substituents is 1. The number of benzene rings is 3. The van der Waals surface area contributed by atoms with Gasteiger partial charge in [0, 0.05) is 22.9 Å². The Morgan fingerprint density at radius 1 is 1.00 bits per heavy atom. The number of rotatable bonds is 5. The van der Waals surface area contributed by atoms with Crippen LogP contribution in [0.5, 0.6) is 11.5 Å². The summed E-state index contributed by atoms with van der Waals surface area (Å²) in [5, 5.41) is 22.6. The first-order valence-electron chi connectivity index (χ1n) is 8.72. The lowest BCUT2D eigenvalue weighted by Gasteiger charge is -2.12. The maximum absolute atomic E-state index is 12.5. The van der Waals surface area contributed by atoms with Gasteiger partial charge in [0.05, 0.1) is 16.6 Å². The van der Waals surface area contributed by atoms with Crippen molar-refractivity contribution in [1.82, 2.24) is 0 Å². The molecule has 0 aromatic heterocycles. The zero-order chi connectivity index (χ0) is 21.0. The van der Waals surface area contributed by atoms with E-state index in [0.717, 1.165) is 5.56 Å². The molecule has 1 N–H and O–H groups in total. The Morgan fingerprint density at radius 3 is 2.28 bits per heavy atom. The lowest BCUT2D eigenvalue weighted by Crippen LogP contribution is -2.13.